The summed E-state index contributed by atoms with van der Waals surface area (Å²) in [5.41, 5.74) is 0. The molecular weight excluding hydrogens is 284 g/mol. The Labute approximate surface area is 118 Å². The van der Waals surface area contributed by atoms with E-state index in [1.165, 1.54) is 15.6 Å². The predicted molar refractivity (Wildman–Crippen MR) is 77.6 cm³/mol. The zero-order chi connectivity index (χ0) is 13.9. The van der Waals surface area contributed by atoms with Gasteiger partial charge in [0.25, 0.3) is 0 Å². The molecule has 0 saturated carbocycles. The summed E-state index contributed by atoms with van der Waals surface area (Å²) in [5, 5.41) is 3.58. The first-order valence-corrected chi connectivity index (χ1v) is 8.62. The lowest BCUT2D eigenvalue weighted by Crippen LogP contribution is -2.43. The lowest BCUT2D eigenvalue weighted by molar-refractivity contribution is 0.272. The van der Waals surface area contributed by atoms with Gasteiger partial charge in [-0.3, -0.25) is 0 Å². The third-order valence-electron chi connectivity index (χ3n) is 3.24. The molecule has 0 aliphatic carbocycles. The number of anilines is 1. The van der Waals surface area contributed by atoms with Crippen molar-refractivity contribution in [3.8, 4) is 0 Å². The quantitative estimate of drug-likeness (QED) is 0.852. The van der Waals surface area contributed by atoms with Gasteiger partial charge in [0.05, 0.1) is 0 Å². The number of rotatable bonds is 5. The maximum Gasteiger partial charge on any atom is 0.303 e. The van der Waals surface area contributed by atoms with Crippen molar-refractivity contribution in [2.75, 3.05) is 31.4 Å². The molecule has 1 saturated heterocycles. The van der Waals surface area contributed by atoms with Gasteiger partial charge in [0, 0.05) is 24.2 Å². The van der Waals surface area contributed by atoms with E-state index in [1.807, 2.05) is 14.0 Å². The molecule has 108 valence electrons. The molecule has 0 atom stereocenters. The summed E-state index contributed by atoms with van der Waals surface area (Å²) < 4.78 is 28.4. The Morgan fingerprint density at radius 3 is 2.68 bits per heavy atom. The van der Waals surface area contributed by atoms with Gasteiger partial charge in [-0.25, -0.2) is 9.71 Å². The van der Waals surface area contributed by atoms with Crippen molar-refractivity contribution in [2.45, 2.75) is 19.8 Å². The van der Waals surface area contributed by atoms with Gasteiger partial charge in [0.2, 0.25) is 0 Å². The molecule has 0 aromatic carbocycles. The van der Waals surface area contributed by atoms with Crippen molar-refractivity contribution in [1.82, 2.24) is 14.6 Å². The van der Waals surface area contributed by atoms with E-state index in [4.69, 9.17) is 0 Å². The van der Waals surface area contributed by atoms with Gasteiger partial charge in [-0.15, -0.1) is 11.3 Å². The number of aromatic nitrogens is 1. The van der Waals surface area contributed by atoms with Crippen molar-refractivity contribution in [2.24, 2.45) is 5.92 Å². The molecule has 19 heavy (non-hydrogen) atoms. The van der Waals surface area contributed by atoms with Crippen molar-refractivity contribution in [1.29, 1.82) is 0 Å². The van der Waals surface area contributed by atoms with Gasteiger partial charge in [0.15, 0.2) is 5.13 Å². The van der Waals surface area contributed by atoms with E-state index in [0.29, 0.717) is 24.1 Å². The van der Waals surface area contributed by atoms with Gasteiger partial charge in [0.1, 0.15) is 0 Å². The second kappa shape index (κ2) is 6.17. The first kappa shape index (κ1) is 14.7. The summed E-state index contributed by atoms with van der Waals surface area (Å²) in [4.78, 5) is 5.02. The Kier molecular flexibility index (Phi) is 4.77. The number of piperidine rings is 1. The third-order valence-corrected chi connectivity index (χ3v) is 5.70. The number of thiazole rings is 1. The van der Waals surface area contributed by atoms with E-state index in [1.54, 1.807) is 6.20 Å². The van der Waals surface area contributed by atoms with E-state index in [9.17, 15) is 8.42 Å². The number of nitrogens with zero attached hydrogens (tertiary/aromatic N) is 2. The fourth-order valence-corrected chi connectivity index (χ4v) is 4.31. The Balaban J connectivity index is 1.94. The topological polar surface area (TPSA) is 74.3 Å². The maximum absolute atomic E-state index is 12.2. The molecule has 6 nitrogen and oxygen atoms in total. The summed E-state index contributed by atoms with van der Waals surface area (Å²) in [6.07, 6.45) is 3.47. The molecule has 1 aromatic heterocycles. The average Bonchev–Trinajstić information content (AvgIpc) is 2.75. The van der Waals surface area contributed by atoms with Crippen molar-refractivity contribution in [3.05, 3.63) is 11.1 Å². The third kappa shape index (κ3) is 3.88. The first-order chi connectivity index (χ1) is 9.01. The predicted octanol–water partition coefficient (Wildman–Crippen LogP) is 1.04. The highest BCUT2D eigenvalue weighted by atomic mass is 32.2. The molecular formula is C11H20N4O2S2. The lowest BCUT2D eigenvalue weighted by atomic mass is 9.98. The molecule has 2 heterocycles. The average molecular weight is 304 g/mol. The van der Waals surface area contributed by atoms with E-state index in [-0.39, 0.29) is 0 Å². The smallest absolute Gasteiger partial charge is 0.303 e. The molecule has 0 amide bonds. The van der Waals surface area contributed by atoms with Crippen LogP contribution in [0.15, 0.2) is 6.20 Å². The fraction of sp³-hybridized carbons (Fsp3) is 0.727. The molecule has 2 rings (SSSR count). The zero-order valence-electron chi connectivity index (χ0n) is 11.2. The van der Waals surface area contributed by atoms with Crippen LogP contribution in [0.1, 0.15) is 17.7 Å². The van der Waals surface area contributed by atoms with Crippen LogP contribution in [0.25, 0.3) is 0 Å². The van der Waals surface area contributed by atoms with Crippen molar-refractivity contribution >= 4 is 26.7 Å². The molecule has 1 aliphatic heterocycles. The standard InChI is InChI=1S/C11H20N4O2S2/c1-9-7-13-11(18-9)14-19(16,17)15-5-3-10(4-6-15)8-12-2/h7,10,12H,3-6,8H2,1-2H3,(H,13,14). The van der Waals surface area contributed by atoms with Gasteiger partial charge in [-0.05, 0) is 39.3 Å². The van der Waals surface area contributed by atoms with Crippen LogP contribution in [0, 0.1) is 12.8 Å². The second-order valence-electron chi connectivity index (χ2n) is 4.78. The first-order valence-electron chi connectivity index (χ1n) is 6.36. The summed E-state index contributed by atoms with van der Waals surface area (Å²) in [5.74, 6) is 0.568. The molecule has 1 aliphatic rings. The van der Waals surface area contributed by atoms with Gasteiger partial charge in [-0.1, -0.05) is 0 Å². The van der Waals surface area contributed by atoms with E-state index in [2.05, 4.69) is 15.0 Å². The van der Waals surface area contributed by atoms with Crippen LogP contribution < -0.4 is 10.0 Å². The minimum absolute atomic E-state index is 0.440. The largest absolute Gasteiger partial charge is 0.319 e. The van der Waals surface area contributed by atoms with Crippen molar-refractivity contribution < 1.29 is 8.42 Å². The van der Waals surface area contributed by atoms with Gasteiger partial charge >= 0.3 is 10.2 Å². The van der Waals surface area contributed by atoms with Crippen LogP contribution in [0.2, 0.25) is 0 Å². The Morgan fingerprint density at radius 1 is 1.47 bits per heavy atom. The number of aryl methyl sites for hydroxylation is 1. The Bertz CT molecular complexity index is 507. The van der Waals surface area contributed by atoms with Crippen LogP contribution in [0.3, 0.4) is 0 Å². The molecule has 0 radical (unpaired) electrons. The van der Waals surface area contributed by atoms with Crippen LogP contribution in [0.5, 0.6) is 0 Å². The van der Waals surface area contributed by atoms with Gasteiger partial charge in [-0.2, -0.15) is 12.7 Å². The molecule has 0 spiro atoms. The molecule has 2 N–H and O–H groups in total. The Hall–Kier alpha value is -0.700. The number of hydrogen-bond donors (Lipinski definition) is 2. The molecule has 1 aromatic rings. The highest BCUT2D eigenvalue weighted by molar-refractivity contribution is 7.90. The van der Waals surface area contributed by atoms with Crippen molar-refractivity contribution in [3.63, 3.8) is 0 Å². The summed E-state index contributed by atoms with van der Waals surface area (Å²) in [6.45, 7) is 4.00. The van der Waals surface area contributed by atoms with E-state index in [0.717, 1.165) is 24.3 Å². The van der Waals surface area contributed by atoms with Crippen LogP contribution >= 0.6 is 11.3 Å². The molecule has 8 heteroatoms. The summed E-state index contributed by atoms with van der Waals surface area (Å²) in [6, 6.07) is 0. The van der Waals surface area contributed by atoms with E-state index < -0.39 is 10.2 Å². The van der Waals surface area contributed by atoms with Crippen LogP contribution in [-0.4, -0.2) is 44.4 Å². The fourth-order valence-electron chi connectivity index (χ4n) is 2.22. The van der Waals surface area contributed by atoms with Crippen LogP contribution in [0.4, 0.5) is 5.13 Å². The highest BCUT2D eigenvalue weighted by Crippen LogP contribution is 2.22. The summed E-state index contributed by atoms with van der Waals surface area (Å²) in [7, 11) is -1.52. The number of nitrogens with one attached hydrogen (secondary N) is 2. The van der Waals surface area contributed by atoms with Crippen LogP contribution in [-0.2, 0) is 10.2 Å². The monoisotopic (exact) mass is 304 g/mol. The minimum atomic E-state index is -3.45. The number of hydrogen-bond acceptors (Lipinski definition) is 5. The Morgan fingerprint density at radius 2 is 2.16 bits per heavy atom. The molecule has 0 unspecified atom stereocenters. The minimum Gasteiger partial charge on any atom is -0.319 e. The van der Waals surface area contributed by atoms with E-state index >= 15 is 0 Å². The lowest BCUT2D eigenvalue weighted by Gasteiger charge is -2.30. The molecule has 0 bridgehead atoms. The normalized spacial score (nSPS) is 18.6. The van der Waals surface area contributed by atoms with Gasteiger partial charge < -0.3 is 5.32 Å². The highest BCUT2D eigenvalue weighted by Gasteiger charge is 2.28. The SMILES string of the molecule is CNCC1CCN(S(=O)(=O)Nc2ncc(C)s2)CC1. The second-order valence-corrected chi connectivity index (χ2v) is 7.69. The maximum atomic E-state index is 12.2. The molecule has 1 fully saturated rings. The zero-order valence-corrected chi connectivity index (χ0v) is 12.9. The summed E-state index contributed by atoms with van der Waals surface area (Å²) >= 11 is 1.35.